The van der Waals surface area contributed by atoms with Gasteiger partial charge in [-0.05, 0) is 69.6 Å². The number of nitrogens with two attached hydrogens (primary N) is 1. The smallest absolute Gasteiger partial charge is 0.407 e. The molecule has 3 rings (SSSR count). The molecule has 0 aromatic rings. The molecule has 4 atom stereocenters. The molecule has 0 heterocycles. The third-order valence-corrected chi connectivity index (χ3v) is 5.59. The first-order chi connectivity index (χ1) is 9.63. The molecule has 122 valence electrons. The van der Waals surface area contributed by atoms with Crippen LogP contribution in [0.3, 0.4) is 0 Å². The highest BCUT2D eigenvalue weighted by Crippen LogP contribution is 2.62. The first-order valence-corrected chi connectivity index (χ1v) is 8.33. The van der Waals surface area contributed by atoms with Crippen molar-refractivity contribution in [3.8, 4) is 0 Å². The molecule has 0 spiro atoms. The summed E-state index contributed by atoms with van der Waals surface area (Å²) in [5, 5.41) is 2.95. The van der Waals surface area contributed by atoms with E-state index < -0.39 is 5.60 Å². The Morgan fingerprint density at radius 2 is 2.05 bits per heavy atom. The summed E-state index contributed by atoms with van der Waals surface area (Å²) in [4.78, 5) is 11.9. The van der Waals surface area contributed by atoms with Crippen molar-refractivity contribution in [3.63, 3.8) is 0 Å². The van der Waals surface area contributed by atoms with Gasteiger partial charge in [-0.3, -0.25) is 0 Å². The standard InChI is InChI=1S/C17H32N2O2/c1-16(2,3)21-15(20)19-13(10-18)8-11-6-7-12-9-14(11)17(12,4)5/h11-14H,6-10,18H2,1-5H3,(H,19,20). The van der Waals surface area contributed by atoms with Crippen LogP contribution < -0.4 is 11.1 Å². The topological polar surface area (TPSA) is 64.3 Å². The van der Waals surface area contributed by atoms with Crippen LogP contribution in [-0.4, -0.2) is 24.3 Å². The number of carbonyl (C=O) groups excluding carboxylic acids is 1. The summed E-state index contributed by atoms with van der Waals surface area (Å²) in [6.45, 7) is 10.9. The molecule has 4 unspecified atom stereocenters. The van der Waals surface area contributed by atoms with Crippen LogP contribution in [0.4, 0.5) is 4.79 Å². The maximum absolute atomic E-state index is 11.9. The van der Waals surface area contributed by atoms with E-state index in [9.17, 15) is 4.79 Å². The lowest BCUT2D eigenvalue weighted by Gasteiger charge is -2.60. The van der Waals surface area contributed by atoms with E-state index in [1.807, 2.05) is 20.8 Å². The summed E-state index contributed by atoms with van der Waals surface area (Å²) in [7, 11) is 0. The van der Waals surface area contributed by atoms with Crippen LogP contribution >= 0.6 is 0 Å². The van der Waals surface area contributed by atoms with Gasteiger partial charge < -0.3 is 15.8 Å². The van der Waals surface area contributed by atoms with E-state index >= 15 is 0 Å². The van der Waals surface area contributed by atoms with Gasteiger partial charge in [0.05, 0.1) is 0 Å². The Balaban J connectivity index is 1.86. The van der Waals surface area contributed by atoms with Gasteiger partial charge in [0.2, 0.25) is 0 Å². The summed E-state index contributed by atoms with van der Waals surface area (Å²) < 4.78 is 5.33. The molecule has 21 heavy (non-hydrogen) atoms. The number of amides is 1. The maximum atomic E-state index is 11.9. The van der Waals surface area contributed by atoms with Crippen LogP contribution in [0.25, 0.3) is 0 Å². The molecule has 4 heteroatoms. The average molecular weight is 296 g/mol. The number of rotatable bonds is 4. The van der Waals surface area contributed by atoms with Gasteiger partial charge in [-0.1, -0.05) is 13.8 Å². The van der Waals surface area contributed by atoms with Crippen LogP contribution in [0.5, 0.6) is 0 Å². The van der Waals surface area contributed by atoms with Crippen molar-refractivity contribution in [1.29, 1.82) is 0 Å². The number of carbonyl (C=O) groups is 1. The molecule has 0 aliphatic heterocycles. The number of ether oxygens (including phenoxy) is 1. The predicted molar refractivity (Wildman–Crippen MR) is 84.9 cm³/mol. The van der Waals surface area contributed by atoms with E-state index in [0.717, 1.165) is 18.3 Å². The Hall–Kier alpha value is -0.770. The van der Waals surface area contributed by atoms with Gasteiger partial charge >= 0.3 is 6.09 Å². The Labute approximate surface area is 129 Å². The van der Waals surface area contributed by atoms with E-state index in [1.54, 1.807) is 0 Å². The first kappa shape index (κ1) is 16.6. The Morgan fingerprint density at radius 1 is 1.38 bits per heavy atom. The summed E-state index contributed by atoms with van der Waals surface area (Å²) in [5.41, 5.74) is 5.88. The summed E-state index contributed by atoms with van der Waals surface area (Å²) >= 11 is 0. The molecule has 3 aliphatic rings. The van der Waals surface area contributed by atoms with Gasteiger partial charge in [0.1, 0.15) is 5.60 Å². The van der Waals surface area contributed by atoms with Gasteiger partial charge in [-0.25, -0.2) is 4.79 Å². The number of hydrogen-bond acceptors (Lipinski definition) is 3. The fraction of sp³-hybridized carbons (Fsp3) is 0.941. The Bertz CT molecular complexity index is 385. The third-order valence-electron chi connectivity index (χ3n) is 5.59. The fourth-order valence-electron chi connectivity index (χ4n) is 4.30. The minimum Gasteiger partial charge on any atom is -0.444 e. The minimum absolute atomic E-state index is 0.0257. The van der Waals surface area contributed by atoms with Crippen molar-refractivity contribution < 1.29 is 9.53 Å². The van der Waals surface area contributed by atoms with Crippen LogP contribution in [0.2, 0.25) is 0 Å². The highest BCUT2D eigenvalue weighted by Gasteiger charge is 2.54. The number of alkyl carbamates (subject to hydrolysis) is 1. The molecule has 3 aliphatic carbocycles. The SMILES string of the molecule is CC(C)(C)OC(=O)NC(CN)CC1CCC2CC1C2(C)C. The number of hydrogen-bond donors (Lipinski definition) is 2. The zero-order chi connectivity index (χ0) is 15.8. The molecule has 2 bridgehead atoms. The molecule has 3 fully saturated rings. The molecular weight excluding hydrogens is 264 g/mol. The van der Waals surface area contributed by atoms with Crippen molar-refractivity contribution in [3.05, 3.63) is 0 Å². The molecule has 1 amide bonds. The lowest BCUT2D eigenvalue weighted by atomic mass is 9.45. The van der Waals surface area contributed by atoms with Crippen molar-refractivity contribution in [2.75, 3.05) is 6.54 Å². The molecule has 0 aromatic carbocycles. The normalized spacial score (nSPS) is 32.0. The number of fused-ring (bicyclic) bond motifs is 2. The summed E-state index contributed by atoms with van der Waals surface area (Å²) in [6.07, 6.45) is 4.61. The lowest BCUT2D eigenvalue weighted by Crippen LogP contribution is -2.54. The second-order valence-corrected chi connectivity index (χ2v) is 8.51. The quantitative estimate of drug-likeness (QED) is 0.836. The minimum atomic E-state index is -0.461. The van der Waals surface area contributed by atoms with Crippen molar-refractivity contribution in [2.45, 2.75) is 71.9 Å². The van der Waals surface area contributed by atoms with E-state index in [0.29, 0.717) is 17.9 Å². The molecule has 4 nitrogen and oxygen atoms in total. The highest BCUT2D eigenvalue weighted by atomic mass is 16.6. The maximum Gasteiger partial charge on any atom is 0.407 e. The van der Waals surface area contributed by atoms with Crippen LogP contribution in [0.1, 0.15) is 60.3 Å². The van der Waals surface area contributed by atoms with Gasteiger partial charge in [0, 0.05) is 12.6 Å². The first-order valence-electron chi connectivity index (χ1n) is 8.33. The second kappa shape index (κ2) is 5.79. The second-order valence-electron chi connectivity index (χ2n) is 8.51. The Morgan fingerprint density at radius 3 is 2.52 bits per heavy atom. The Kier molecular flexibility index (Phi) is 4.57. The van der Waals surface area contributed by atoms with Gasteiger partial charge in [-0.15, -0.1) is 0 Å². The molecule has 0 aromatic heterocycles. The van der Waals surface area contributed by atoms with Crippen LogP contribution in [-0.2, 0) is 4.74 Å². The van der Waals surface area contributed by atoms with E-state index in [1.165, 1.54) is 19.3 Å². The van der Waals surface area contributed by atoms with Gasteiger partial charge in [-0.2, -0.15) is 0 Å². The van der Waals surface area contributed by atoms with Crippen molar-refractivity contribution in [2.24, 2.45) is 28.9 Å². The zero-order valence-electron chi connectivity index (χ0n) is 14.2. The average Bonchev–Trinajstić information content (AvgIpc) is 2.35. The molecule has 3 N–H and O–H groups in total. The molecule has 3 saturated carbocycles. The van der Waals surface area contributed by atoms with Crippen LogP contribution in [0, 0.1) is 23.2 Å². The van der Waals surface area contributed by atoms with E-state index in [2.05, 4.69) is 19.2 Å². The predicted octanol–water partition coefficient (Wildman–Crippen LogP) is 3.30. The molecule has 0 radical (unpaired) electrons. The summed E-state index contributed by atoms with van der Waals surface area (Å²) in [5.74, 6) is 2.40. The largest absolute Gasteiger partial charge is 0.444 e. The number of nitrogens with one attached hydrogen (secondary N) is 1. The van der Waals surface area contributed by atoms with Crippen LogP contribution in [0.15, 0.2) is 0 Å². The van der Waals surface area contributed by atoms with Crippen molar-refractivity contribution in [1.82, 2.24) is 5.32 Å². The lowest BCUT2D eigenvalue weighted by molar-refractivity contribution is -0.108. The van der Waals surface area contributed by atoms with E-state index in [-0.39, 0.29) is 12.1 Å². The fourth-order valence-corrected chi connectivity index (χ4v) is 4.30. The van der Waals surface area contributed by atoms with Gasteiger partial charge in [0.25, 0.3) is 0 Å². The monoisotopic (exact) mass is 296 g/mol. The third kappa shape index (κ3) is 3.71. The molecular formula is C17H32N2O2. The zero-order valence-corrected chi connectivity index (χ0v) is 14.2. The summed E-state index contributed by atoms with van der Waals surface area (Å²) in [6, 6.07) is 0.0257. The molecule has 0 saturated heterocycles. The van der Waals surface area contributed by atoms with E-state index in [4.69, 9.17) is 10.5 Å². The van der Waals surface area contributed by atoms with Gasteiger partial charge in [0.15, 0.2) is 0 Å². The van der Waals surface area contributed by atoms with Crippen molar-refractivity contribution >= 4 is 6.09 Å². The highest BCUT2D eigenvalue weighted by molar-refractivity contribution is 5.68.